The summed E-state index contributed by atoms with van der Waals surface area (Å²) in [5.74, 6) is 2.11. The SMILES string of the molecule is CC=CC(CC)C1CC=CC=C1c1nccn1C(/C=C\C)=C/C. The summed E-state index contributed by atoms with van der Waals surface area (Å²) in [7, 11) is 0. The van der Waals surface area contributed by atoms with Crippen LogP contribution < -0.4 is 0 Å². The first-order valence-electron chi connectivity index (χ1n) is 8.59. The molecule has 1 aliphatic rings. The monoisotopic (exact) mass is 308 g/mol. The first-order valence-corrected chi connectivity index (χ1v) is 8.59. The highest BCUT2D eigenvalue weighted by molar-refractivity contribution is 5.71. The summed E-state index contributed by atoms with van der Waals surface area (Å²) in [5, 5.41) is 0. The predicted molar refractivity (Wildman–Crippen MR) is 101 cm³/mol. The van der Waals surface area contributed by atoms with E-state index in [9.17, 15) is 0 Å². The van der Waals surface area contributed by atoms with Crippen LogP contribution in [0.2, 0.25) is 0 Å². The van der Waals surface area contributed by atoms with Gasteiger partial charge in [-0.05, 0) is 57.1 Å². The summed E-state index contributed by atoms with van der Waals surface area (Å²) in [6, 6.07) is 0. The predicted octanol–water partition coefficient (Wildman–Crippen LogP) is 5.88. The van der Waals surface area contributed by atoms with Crippen LogP contribution in [0.25, 0.3) is 11.3 Å². The summed E-state index contributed by atoms with van der Waals surface area (Å²) in [6.07, 6.45) is 23.7. The van der Waals surface area contributed by atoms with E-state index in [1.165, 1.54) is 5.57 Å². The van der Waals surface area contributed by atoms with Crippen molar-refractivity contribution in [2.75, 3.05) is 0 Å². The van der Waals surface area contributed by atoms with E-state index in [0.717, 1.165) is 24.4 Å². The van der Waals surface area contributed by atoms with E-state index in [1.54, 1.807) is 0 Å². The van der Waals surface area contributed by atoms with Crippen LogP contribution in [0, 0.1) is 11.8 Å². The molecule has 1 aliphatic carbocycles. The van der Waals surface area contributed by atoms with E-state index in [0.29, 0.717) is 11.8 Å². The Morgan fingerprint density at radius 3 is 2.83 bits per heavy atom. The third-order valence-corrected chi connectivity index (χ3v) is 4.44. The maximum Gasteiger partial charge on any atom is 0.140 e. The lowest BCUT2D eigenvalue weighted by Crippen LogP contribution is -2.17. The van der Waals surface area contributed by atoms with Crippen molar-refractivity contribution in [3.63, 3.8) is 0 Å². The largest absolute Gasteiger partial charge is 0.300 e. The molecule has 2 nitrogen and oxygen atoms in total. The first-order chi connectivity index (χ1) is 11.3. The topological polar surface area (TPSA) is 17.8 Å². The zero-order chi connectivity index (χ0) is 16.7. The molecule has 0 N–H and O–H groups in total. The van der Waals surface area contributed by atoms with Gasteiger partial charge in [-0.2, -0.15) is 0 Å². The van der Waals surface area contributed by atoms with E-state index in [2.05, 4.69) is 85.1 Å². The number of hydrogen-bond acceptors (Lipinski definition) is 1. The molecule has 0 aliphatic heterocycles. The number of rotatable bonds is 6. The lowest BCUT2D eigenvalue weighted by molar-refractivity contribution is 0.473. The van der Waals surface area contributed by atoms with Crippen LogP contribution in [-0.2, 0) is 0 Å². The van der Waals surface area contributed by atoms with Crippen LogP contribution in [0.15, 0.2) is 61.0 Å². The van der Waals surface area contributed by atoms with Gasteiger partial charge in [0.25, 0.3) is 0 Å². The highest BCUT2D eigenvalue weighted by atomic mass is 15.1. The van der Waals surface area contributed by atoms with E-state index >= 15 is 0 Å². The Balaban J connectivity index is 2.45. The van der Waals surface area contributed by atoms with Crippen LogP contribution in [0.4, 0.5) is 0 Å². The smallest absolute Gasteiger partial charge is 0.140 e. The van der Waals surface area contributed by atoms with Crippen LogP contribution in [0.5, 0.6) is 0 Å². The zero-order valence-electron chi connectivity index (χ0n) is 14.7. The summed E-state index contributed by atoms with van der Waals surface area (Å²) in [6.45, 7) is 8.49. The fourth-order valence-corrected chi connectivity index (χ4v) is 3.31. The van der Waals surface area contributed by atoms with Gasteiger partial charge in [-0.1, -0.05) is 49.5 Å². The standard InChI is InChI=1S/C21H28N2/c1-5-11-17(7-3)19-13-9-10-14-20(19)21-22-15-16-23(21)18(8-4)12-6-2/h5-6,8-12,14-17,19H,7,13H2,1-4H3/b11-5?,12-6-,18-8+. The summed E-state index contributed by atoms with van der Waals surface area (Å²) in [5.41, 5.74) is 2.50. The average Bonchev–Trinajstić information content (AvgIpc) is 3.07. The molecule has 1 heterocycles. The van der Waals surface area contributed by atoms with E-state index in [-0.39, 0.29) is 0 Å². The average molecular weight is 308 g/mol. The zero-order valence-corrected chi connectivity index (χ0v) is 14.7. The second kappa shape index (κ2) is 8.52. The Morgan fingerprint density at radius 2 is 2.17 bits per heavy atom. The van der Waals surface area contributed by atoms with Gasteiger partial charge in [0.15, 0.2) is 0 Å². The van der Waals surface area contributed by atoms with Gasteiger partial charge >= 0.3 is 0 Å². The van der Waals surface area contributed by atoms with E-state index < -0.39 is 0 Å². The Kier molecular flexibility index (Phi) is 6.40. The van der Waals surface area contributed by atoms with Crippen molar-refractivity contribution in [3.8, 4) is 0 Å². The molecule has 2 heteroatoms. The fourth-order valence-electron chi connectivity index (χ4n) is 3.31. The number of aromatic nitrogens is 2. The summed E-state index contributed by atoms with van der Waals surface area (Å²) in [4.78, 5) is 4.68. The molecule has 0 aromatic carbocycles. The molecule has 0 saturated carbocycles. The minimum atomic E-state index is 0.492. The van der Waals surface area contributed by atoms with Crippen LogP contribution in [-0.4, -0.2) is 9.55 Å². The van der Waals surface area contributed by atoms with Crippen molar-refractivity contribution in [2.45, 2.75) is 40.5 Å². The van der Waals surface area contributed by atoms with Crippen LogP contribution >= 0.6 is 0 Å². The van der Waals surface area contributed by atoms with Gasteiger partial charge in [0, 0.05) is 18.1 Å². The van der Waals surface area contributed by atoms with Gasteiger partial charge in [-0.15, -0.1) is 0 Å². The Labute approximate surface area is 140 Å². The molecule has 23 heavy (non-hydrogen) atoms. The highest BCUT2D eigenvalue weighted by Crippen LogP contribution is 2.37. The van der Waals surface area contributed by atoms with Crippen LogP contribution in [0.3, 0.4) is 0 Å². The Hall–Kier alpha value is -2.09. The molecule has 1 aromatic rings. The third-order valence-electron chi connectivity index (χ3n) is 4.44. The van der Waals surface area contributed by atoms with Gasteiger partial charge < -0.3 is 4.57 Å². The summed E-state index contributed by atoms with van der Waals surface area (Å²) >= 11 is 0. The molecular formula is C21H28N2. The molecule has 0 fully saturated rings. The number of nitrogens with zero attached hydrogens (tertiary/aromatic N) is 2. The van der Waals surface area contributed by atoms with Crippen molar-refractivity contribution in [3.05, 3.63) is 66.8 Å². The highest BCUT2D eigenvalue weighted by Gasteiger charge is 2.26. The number of imidazole rings is 1. The fraction of sp³-hybridized carbons (Fsp3) is 0.381. The quantitative estimate of drug-likeness (QED) is 0.474. The summed E-state index contributed by atoms with van der Waals surface area (Å²) < 4.78 is 2.19. The minimum absolute atomic E-state index is 0.492. The lowest BCUT2D eigenvalue weighted by Gasteiger charge is -2.27. The van der Waals surface area contributed by atoms with Crippen molar-refractivity contribution in [2.24, 2.45) is 11.8 Å². The Bertz CT molecular complexity index is 653. The van der Waals surface area contributed by atoms with Gasteiger partial charge in [-0.3, -0.25) is 0 Å². The van der Waals surface area contributed by atoms with Crippen molar-refractivity contribution < 1.29 is 0 Å². The third kappa shape index (κ3) is 3.82. The van der Waals surface area contributed by atoms with Crippen molar-refractivity contribution >= 4 is 11.3 Å². The molecule has 122 valence electrons. The molecule has 0 amide bonds. The molecule has 0 spiro atoms. The molecule has 0 radical (unpaired) electrons. The molecule has 0 saturated heterocycles. The van der Waals surface area contributed by atoms with Gasteiger partial charge in [0.2, 0.25) is 0 Å². The molecule has 1 aromatic heterocycles. The van der Waals surface area contributed by atoms with Gasteiger partial charge in [-0.25, -0.2) is 4.98 Å². The molecule has 2 atom stereocenters. The number of hydrogen-bond donors (Lipinski definition) is 0. The van der Waals surface area contributed by atoms with Gasteiger partial charge in [0.1, 0.15) is 5.82 Å². The second-order valence-electron chi connectivity index (χ2n) is 5.82. The Morgan fingerprint density at radius 1 is 1.35 bits per heavy atom. The molecule has 2 rings (SSSR count). The number of allylic oxidation sites excluding steroid dienone is 10. The van der Waals surface area contributed by atoms with E-state index in [1.807, 2.05) is 13.1 Å². The molecular weight excluding hydrogens is 280 g/mol. The first kappa shape index (κ1) is 17.3. The minimum Gasteiger partial charge on any atom is -0.300 e. The maximum atomic E-state index is 4.68. The lowest BCUT2D eigenvalue weighted by atomic mass is 9.79. The van der Waals surface area contributed by atoms with Crippen molar-refractivity contribution in [1.82, 2.24) is 9.55 Å². The van der Waals surface area contributed by atoms with Crippen molar-refractivity contribution in [1.29, 1.82) is 0 Å². The maximum absolute atomic E-state index is 4.68. The molecule has 0 bridgehead atoms. The van der Waals surface area contributed by atoms with Gasteiger partial charge in [0.05, 0.1) is 0 Å². The van der Waals surface area contributed by atoms with E-state index in [4.69, 9.17) is 0 Å². The second-order valence-corrected chi connectivity index (χ2v) is 5.82. The molecule has 2 unspecified atom stereocenters. The van der Waals surface area contributed by atoms with Crippen LogP contribution in [0.1, 0.15) is 46.4 Å². The normalized spacial score (nSPS) is 20.4.